The SMILES string of the molecule is CCN(Cc1cccs1)S(=O)(=O)c1cnn(C)c1. The molecule has 0 fully saturated rings. The van der Waals surface area contributed by atoms with E-state index in [1.165, 1.54) is 21.4 Å². The van der Waals surface area contributed by atoms with Crippen molar-refractivity contribution in [2.24, 2.45) is 7.05 Å². The van der Waals surface area contributed by atoms with Crippen molar-refractivity contribution >= 4 is 21.4 Å². The average Bonchev–Trinajstić information content (AvgIpc) is 2.96. The summed E-state index contributed by atoms with van der Waals surface area (Å²) in [5, 5.41) is 5.85. The maximum absolute atomic E-state index is 12.4. The molecule has 0 aliphatic carbocycles. The summed E-state index contributed by atoms with van der Waals surface area (Å²) in [6, 6.07) is 3.86. The summed E-state index contributed by atoms with van der Waals surface area (Å²) in [5.74, 6) is 0. The van der Waals surface area contributed by atoms with Gasteiger partial charge in [-0.05, 0) is 11.4 Å². The standard InChI is InChI=1S/C11H15N3O2S2/c1-3-14(8-10-5-4-6-17-10)18(15,16)11-7-12-13(2)9-11/h4-7,9H,3,8H2,1-2H3. The van der Waals surface area contributed by atoms with Gasteiger partial charge in [-0.25, -0.2) is 8.42 Å². The number of nitrogens with zero attached hydrogens (tertiary/aromatic N) is 3. The minimum absolute atomic E-state index is 0.239. The van der Waals surface area contributed by atoms with Gasteiger partial charge < -0.3 is 0 Å². The third kappa shape index (κ3) is 2.63. The second-order valence-corrected chi connectivity index (χ2v) is 6.83. The van der Waals surface area contributed by atoms with Crippen molar-refractivity contribution in [2.45, 2.75) is 18.4 Å². The molecular formula is C11H15N3O2S2. The molecule has 2 aromatic heterocycles. The number of rotatable bonds is 5. The van der Waals surface area contributed by atoms with E-state index in [2.05, 4.69) is 5.10 Å². The summed E-state index contributed by atoms with van der Waals surface area (Å²) >= 11 is 1.56. The van der Waals surface area contributed by atoms with Crippen molar-refractivity contribution in [3.8, 4) is 0 Å². The minimum atomic E-state index is -3.45. The van der Waals surface area contributed by atoms with Crippen LogP contribution in [0, 0.1) is 0 Å². The predicted molar refractivity (Wildman–Crippen MR) is 70.8 cm³/mol. The monoisotopic (exact) mass is 285 g/mol. The quantitative estimate of drug-likeness (QED) is 0.840. The van der Waals surface area contributed by atoms with E-state index in [9.17, 15) is 8.42 Å². The highest BCUT2D eigenvalue weighted by Crippen LogP contribution is 2.19. The van der Waals surface area contributed by atoms with Gasteiger partial charge in [0.15, 0.2) is 0 Å². The number of aryl methyl sites for hydroxylation is 1. The molecule has 0 N–H and O–H groups in total. The van der Waals surface area contributed by atoms with Gasteiger partial charge in [0, 0.05) is 31.2 Å². The first-order chi connectivity index (χ1) is 8.54. The van der Waals surface area contributed by atoms with Crippen LogP contribution in [0.4, 0.5) is 0 Å². The molecule has 0 aromatic carbocycles. The van der Waals surface area contributed by atoms with Gasteiger partial charge in [-0.1, -0.05) is 13.0 Å². The molecule has 7 heteroatoms. The summed E-state index contributed by atoms with van der Waals surface area (Å²) in [6.07, 6.45) is 2.90. The lowest BCUT2D eigenvalue weighted by atomic mass is 10.4. The molecule has 0 bridgehead atoms. The summed E-state index contributed by atoms with van der Waals surface area (Å²) in [5.41, 5.74) is 0. The smallest absolute Gasteiger partial charge is 0.246 e. The maximum atomic E-state index is 12.4. The fourth-order valence-electron chi connectivity index (χ4n) is 1.62. The van der Waals surface area contributed by atoms with E-state index in [4.69, 9.17) is 0 Å². The molecule has 0 aliphatic rings. The van der Waals surface area contributed by atoms with Crippen LogP contribution in [0.5, 0.6) is 0 Å². The molecule has 5 nitrogen and oxygen atoms in total. The Kier molecular flexibility index (Phi) is 3.84. The molecule has 2 aromatic rings. The van der Waals surface area contributed by atoms with Crippen molar-refractivity contribution in [3.63, 3.8) is 0 Å². The molecule has 0 spiro atoms. The summed E-state index contributed by atoms with van der Waals surface area (Å²) < 4.78 is 27.7. The maximum Gasteiger partial charge on any atom is 0.246 e. The van der Waals surface area contributed by atoms with E-state index in [1.54, 1.807) is 18.4 Å². The lowest BCUT2D eigenvalue weighted by Gasteiger charge is -2.18. The highest BCUT2D eigenvalue weighted by molar-refractivity contribution is 7.89. The number of hydrogen-bond acceptors (Lipinski definition) is 4. The third-order valence-electron chi connectivity index (χ3n) is 2.58. The summed E-state index contributed by atoms with van der Waals surface area (Å²) in [4.78, 5) is 1.27. The molecule has 18 heavy (non-hydrogen) atoms. The van der Waals surface area contributed by atoms with Crippen molar-refractivity contribution in [2.75, 3.05) is 6.54 Å². The number of aromatic nitrogens is 2. The molecule has 0 atom stereocenters. The van der Waals surface area contributed by atoms with Crippen LogP contribution in [0.1, 0.15) is 11.8 Å². The van der Waals surface area contributed by atoms with Gasteiger partial charge in [0.2, 0.25) is 10.0 Å². The fraction of sp³-hybridized carbons (Fsp3) is 0.364. The topological polar surface area (TPSA) is 55.2 Å². The van der Waals surface area contributed by atoms with Crippen LogP contribution in [0.2, 0.25) is 0 Å². The Balaban J connectivity index is 2.26. The lowest BCUT2D eigenvalue weighted by Crippen LogP contribution is -2.29. The Morgan fingerprint density at radius 2 is 2.28 bits per heavy atom. The zero-order chi connectivity index (χ0) is 13.2. The second kappa shape index (κ2) is 5.21. The summed E-state index contributed by atoms with van der Waals surface area (Å²) in [7, 11) is -1.75. The Bertz CT molecular complexity index is 602. The van der Waals surface area contributed by atoms with Crippen LogP contribution < -0.4 is 0 Å². The van der Waals surface area contributed by atoms with E-state index < -0.39 is 10.0 Å². The van der Waals surface area contributed by atoms with Gasteiger partial charge in [-0.2, -0.15) is 9.40 Å². The number of sulfonamides is 1. The van der Waals surface area contributed by atoms with Crippen molar-refractivity contribution in [3.05, 3.63) is 34.8 Å². The van der Waals surface area contributed by atoms with Gasteiger partial charge in [0.05, 0.1) is 6.20 Å². The first kappa shape index (κ1) is 13.3. The Labute approximate surface area is 111 Å². The Hall–Kier alpha value is -1.18. The van der Waals surface area contributed by atoms with Gasteiger partial charge in [-0.3, -0.25) is 4.68 Å². The lowest BCUT2D eigenvalue weighted by molar-refractivity contribution is 0.426. The predicted octanol–water partition coefficient (Wildman–Crippen LogP) is 1.69. The average molecular weight is 285 g/mol. The van der Waals surface area contributed by atoms with Crippen LogP contribution >= 0.6 is 11.3 Å². The zero-order valence-corrected chi connectivity index (χ0v) is 11.9. The second-order valence-electron chi connectivity index (χ2n) is 3.86. The number of thiophene rings is 1. The molecule has 98 valence electrons. The molecule has 0 saturated heterocycles. The molecule has 0 unspecified atom stereocenters. The van der Waals surface area contributed by atoms with Crippen molar-refractivity contribution in [1.29, 1.82) is 0 Å². The third-order valence-corrected chi connectivity index (χ3v) is 5.32. The zero-order valence-electron chi connectivity index (χ0n) is 10.3. The van der Waals surface area contributed by atoms with Crippen LogP contribution in [0.15, 0.2) is 34.8 Å². The van der Waals surface area contributed by atoms with Crippen LogP contribution in [0.25, 0.3) is 0 Å². The van der Waals surface area contributed by atoms with Crippen molar-refractivity contribution in [1.82, 2.24) is 14.1 Å². The fourth-order valence-corrected chi connectivity index (χ4v) is 3.84. The molecular weight excluding hydrogens is 270 g/mol. The number of hydrogen-bond donors (Lipinski definition) is 0. The highest BCUT2D eigenvalue weighted by atomic mass is 32.2. The molecule has 0 saturated carbocycles. The molecule has 0 amide bonds. The van der Waals surface area contributed by atoms with Crippen LogP contribution in [-0.2, 0) is 23.6 Å². The molecule has 0 aliphatic heterocycles. The van der Waals surface area contributed by atoms with Crippen molar-refractivity contribution < 1.29 is 8.42 Å². The first-order valence-electron chi connectivity index (χ1n) is 5.55. The highest BCUT2D eigenvalue weighted by Gasteiger charge is 2.24. The molecule has 2 rings (SSSR count). The Morgan fingerprint density at radius 1 is 1.50 bits per heavy atom. The van der Waals surface area contributed by atoms with E-state index in [0.29, 0.717) is 13.1 Å². The van der Waals surface area contributed by atoms with Gasteiger partial charge >= 0.3 is 0 Å². The van der Waals surface area contributed by atoms with Crippen LogP contribution in [-0.4, -0.2) is 29.0 Å². The molecule has 0 radical (unpaired) electrons. The van der Waals surface area contributed by atoms with Gasteiger partial charge in [-0.15, -0.1) is 11.3 Å². The molecule has 2 heterocycles. The van der Waals surface area contributed by atoms with E-state index >= 15 is 0 Å². The van der Waals surface area contributed by atoms with E-state index in [-0.39, 0.29) is 4.90 Å². The van der Waals surface area contributed by atoms with E-state index in [0.717, 1.165) is 4.88 Å². The van der Waals surface area contributed by atoms with Crippen LogP contribution in [0.3, 0.4) is 0 Å². The van der Waals surface area contributed by atoms with E-state index in [1.807, 2.05) is 24.4 Å². The Morgan fingerprint density at radius 3 is 2.78 bits per heavy atom. The largest absolute Gasteiger partial charge is 0.274 e. The normalized spacial score (nSPS) is 12.2. The summed E-state index contributed by atoms with van der Waals surface area (Å²) in [6.45, 7) is 2.68. The van der Waals surface area contributed by atoms with Gasteiger partial charge in [0.1, 0.15) is 4.90 Å². The van der Waals surface area contributed by atoms with Gasteiger partial charge in [0.25, 0.3) is 0 Å². The minimum Gasteiger partial charge on any atom is -0.274 e. The first-order valence-corrected chi connectivity index (χ1v) is 7.87.